The van der Waals surface area contributed by atoms with E-state index >= 15 is 0 Å². The molecule has 1 aromatic rings. The van der Waals surface area contributed by atoms with Gasteiger partial charge in [-0.3, -0.25) is 9.68 Å². The molecule has 1 heterocycles. The fourth-order valence-electron chi connectivity index (χ4n) is 2.32. The second-order valence-electron chi connectivity index (χ2n) is 5.20. The Bertz CT molecular complexity index is 636. The maximum Gasteiger partial charge on any atom is 0.361 e. The summed E-state index contributed by atoms with van der Waals surface area (Å²) in [6, 6.07) is 2.21. The van der Waals surface area contributed by atoms with Crippen LogP contribution in [-0.4, -0.2) is 38.2 Å². The fraction of sp³-hybridized carbons (Fsp3) is 0.588. The van der Waals surface area contributed by atoms with Crippen molar-refractivity contribution in [3.63, 3.8) is 0 Å². The monoisotopic (exact) mass is 368 g/mol. The van der Waals surface area contributed by atoms with Gasteiger partial charge in [0.15, 0.2) is 0 Å². The van der Waals surface area contributed by atoms with Gasteiger partial charge in [-0.15, -0.1) is 11.3 Å². The van der Waals surface area contributed by atoms with Crippen molar-refractivity contribution in [3.8, 4) is 6.07 Å². The number of aryl methyl sites for hydroxylation is 1. The number of anilines is 1. The van der Waals surface area contributed by atoms with E-state index in [1.807, 2.05) is 13.8 Å². The first-order valence-corrected chi connectivity index (χ1v) is 9.05. The van der Waals surface area contributed by atoms with E-state index in [1.165, 1.54) is 16.2 Å². The molecule has 0 aliphatic carbocycles. The molecule has 0 bridgehead atoms. The van der Waals surface area contributed by atoms with E-state index in [4.69, 9.17) is 4.74 Å². The average molecular weight is 368 g/mol. The van der Waals surface area contributed by atoms with Crippen LogP contribution >= 0.6 is 11.3 Å². The molecule has 0 saturated heterocycles. The quantitative estimate of drug-likeness (QED) is 0.356. The number of carbonyl (C=O) groups is 2. The van der Waals surface area contributed by atoms with Crippen molar-refractivity contribution in [1.29, 1.82) is 5.26 Å². The van der Waals surface area contributed by atoms with Crippen molar-refractivity contribution in [3.05, 3.63) is 16.0 Å². The molecule has 0 amide bonds. The van der Waals surface area contributed by atoms with E-state index in [-0.39, 0.29) is 26.3 Å². The van der Waals surface area contributed by atoms with Gasteiger partial charge in [-0.25, -0.2) is 4.79 Å². The number of carbonyl (C=O) groups excluding carboxylic acids is 2. The molecule has 25 heavy (non-hydrogen) atoms. The third-order valence-corrected chi connectivity index (χ3v) is 4.51. The van der Waals surface area contributed by atoms with E-state index in [1.54, 1.807) is 13.8 Å². The number of hydrogen-bond donors (Lipinski definition) is 0. The molecule has 7 nitrogen and oxygen atoms in total. The third-order valence-electron chi connectivity index (χ3n) is 3.30. The predicted octanol–water partition coefficient (Wildman–Crippen LogP) is 2.74. The molecule has 0 unspecified atom stereocenters. The van der Waals surface area contributed by atoms with Gasteiger partial charge in [0.2, 0.25) is 0 Å². The Labute approximate surface area is 152 Å². The SMILES string of the molecule is CCCc1c(C)sc(N(CC(=O)OCC)CC(=O)OOCC)c1C#N. The molecule has 0 saturated carbocycles. The van der Waals surface area contributed by atoms with Crippen LogP contribution < -0.4 is 4.90 Å². The highest BCUT2D eigenvalue weighted by Gasteiger charge is 2.25. The smallest absolute Gasteiger partial charge is 0.361 e. The van der Waals surface area contributed by atoms with Gasteiger partial charge >= 0.3 is 11.9 Å². The summed E-state index contributed by atoms with van der Waals surface area (Å²) >= 11 is 1.39. The van der Waals surface area contributed by atoms with Crippen molar-refractivity contribution in [2.75, 3.05) is 31.2 Å². The van der Waals surface area contributed by atoms with E-state index in [0.717, 1.165) is 23.3 Å². The topological polar surface area (TPSA) is 88.9 Å². The summed E-state index contributed by atoms with van der Waals surface area (Å²) in [4.78, 5) is 35.6. The molecule has 0 aromatic carbocycles. The lowest BCUT2D eigenvalue weighted by atomic mass is 10.1. The highest BCUT2D eigenvalue weighted by atomic mass is 32.1. The molecule has 0 aliphatic heterocycles. The molecule has 0 radical (unpaired) electrons. The second-order valence-corrected chi connectivity index (χ2v) is 6.40. The zero-order valence-electron chi connectivity index (χ0n) is 15.1. The normalized spacial score (nSPS) is 10.2. The number of thiophene rings is 1. The highest BCUT2D eigenvalue weighted by Crippen LogP contribution is 2.36. The van der Waals surface area contributed by atoms with E-state index in [2.05, 4.69) is 15.8 Å². The van der Waals surface area contributed by atoms with Gasteiger partial charge in [0.1, 0.15) is 24.2 Å². The lowest BCUT2D eigenvalue weighted by Gasteiger charge is -2.21. The van der Waals surface area contributed by atoms with Crippen molar-refractivity contribution < 1.29 is 24.1 Å². The van der Waals surface area contributed by atoms with E-state index in [0.29, 0.717) is 10.6 Å². The molecule has 1 rings (SSSR count). The van der Waals surface area contributed by atoms with Gasteiger partial charge in [0.05, 0.1) is 18.8 Å². The van der Waals surface area contributed by atoms with E-state index in [9.17, 15) is 14.9 Å². The predicted molar refractivity (Wildman–Crippen MR) is 94.3 cm³/mol. The van der Waals surface area contributed by atoms with Crippen molar-refractivity contribution >= 4 is 28.3 Å². The minimum atomic E-state index is -0.641. The maximum absolute atomic E-state index is 11.9. The van der Waals surface area contributed by atoms with Crippen LogP contribution in [0.1, 0.15) is 43.2 Å². The summed E-state index contributed by atoms with van der Waals surface area (Å²) in [5.74, 6) is -1.11. The second kappa shape index (κ2) is 10.7. The molecule has 1 aromatic heterocycles. The average Bonchev–Trinajstić information content (AvgIpc) is 2.89. The van der Waals surface area contributed by atoms with Crippen LogP contribution in [0.5, 0.6) is 0 Å². The Hall–Kier alpha value is -2.11. The summed E-state index contributed by atoms with van der Waals surface area (Å²) in [6.45, 7) is 7.48. The summed E-state index contributed by atoms with van der Waals surface area (Å²) < 4.78 is 4.97. The lowest BCUT2D eigenvalue weighted by molar-refractivity contribution is -0.268. The summed E-state index contributed by atoms with van der Waals surface area (Å²) in [5.41, 5.74) is 1.45. The number of ether oxygens (including phenoxy) is 1. The minimum Gasteiger partial charge on any atom is -0.465 e. The lowest BCUT2D eigenvalue weighted by Crippen LogP contribution is -2.36. The standard InChI is InChI=1S/C17H24N2O5S/c1-5-8-13-12(4)25-17(14(13)9-18)19(10-15(20)22-6-2)11-16(21)24-23-7-3/h5-8,10-11H2,1-4H3. The Kier molecular flexibility index (Phi) is 8.95. The van der Waals surface area contributed by atoms with Crippen LogP contribution in [0.2, 0.25) is 0 Å². The number of nitriles is 1. The maximum atomic E-state index is 11.9. The van der Waals surface area contributed by atoms with Gasteiger partial charge in [0, 0.05) is 4.88 Å². The number of rotatable bonds is 10. The molecule has 8 heteroatoms. The van der Waals surface area contributed by atoms with Crippen molar-refractivity contribution in [1.82, 2.24) is 0 Å². The Morgan fingerprint density at radius 3 is 2.40 bits per heavy atom. The summed E-state index contributed by atoms with van der Waals surface area (Å²) in [7, 11) is 0. The largest absolute Gasteiger partial charge is 0.465 e. The molecule has 0 N–H and O–H groups in total. The Morgan fingerprint density at radius 2 is 1.84 bits per heavy atom. The molecule has 0 atom stereocenters. The Balaban J connectivity index is 3.13. The van der Waals surface area contributed by atoms with Gasteiger partial charge in [-0.05, 0) is 32.8 Å². The van der Waals surface area contributed by atoms with Crippen LogP contribution in [0.3, 0.4) is 0 Å². The first kappa shape index (κ1) is 20.9. The van der Waals surface area contributed by atoms with E-state index < -0.39 is 11.9 Å². The molecule has 0 aliphatic rings. The number of hydrogen-bond acceptors (Lipinski definition) is 8. The zero-order valence-corrected chi connectivity index (χ0v) is 15.9. The van der Waals surface area contributed by atoms with Crippen molar-refractivity contribution in [2.24, 2.45) is 0 Å². The fourth-order valence-corrected chi connectivity index (χ4v) is 3.47. The summed E-state index contributed by atoms with van der Waals surface area (Å²) in [6.07, 6.45) is 1.66. The molecular weight excluding hydrogens is 344 g/mol. The Morgan fingerprint density at radius 1 is 1.16 bits per heavy atom. The first-order chi connectivity index (χ1) is 12.0. The molecule has 0 spiro atoms. The van der Waals surface area contributed by atoms with Gasteiger partial charge in [0.25, 0.3) is 0 Å². The first-order valence-electron chi connectivity index (χ1n) is 8.23. The van der Waals surface area contributed by atoms with Crippen LogP contribution in [0.15, 0.2) is 0 Å². The highest BCUT2D eigenvalue weighted by molar-refractivity contribution is 7.16. The molecular formula is C17H24N2O5S. The minimum absolute atomic E-state index is 0.144. The molecule has 0 fully saturated rings. The van der Waals surface area contributed by atoms with Gasteiger partial charge in [-0.1, -0.05) is 13.3 Å². The van der Waals surface area contributed by atoms with Crippen molar-refractivity contribution in [2.45, 2.75) is 40.5 Å². The van der Waals surface area contributed by atoms with Gasteiger partial charge < -0.3 is 9.64 Å². The van der Waals surface area contributed by atoms with Crippen LogP contribution in [-0.2, 0) is 30.5 Å². The van der Waals surface area contributed by atoms with Gasteiger partial charge in [-0.2, -0.15) is 10.1 Å². The zero-order chi connectivity index (χ0) is 18.8. The third kappa shape index (κ3) is 6.03. The number of nitrogens with zero attached hydrogens (tertiary/aromatic N) is 2. The van der Waals surface area contributed by atoms with Crippen LogP contribution in [0, 0.1) is 18.3 Å². The number of esters is 1. The molecule has 138 valence electrons. The van der Waals surface area contributed by atoms with Crippen LogP contribution in [0.25, 0.3) is 0 Å². The van der Waals surface area contributed by atoms with Crippen LogP contribution in [0.4, 0.5) is 5.00 Å². The summed E-state index contributed by atoms with van der Waals surface area (Å²) in [5, 5.41) is 10.1.